The molecular formula is C13H14N2S. The van der Waals surface area contributed by atoms with Crippen LogP contribution in [0, 0.1) is 0 Å². The van der Waals surface area contributed by atoms with E-state index in [2.05, 4.69) is 10.4 Å². The fourth-order valence-electron chi connectivity index (χ4n) is 1.77. The molecule has 82 valence electrons. The smallest absolute Gasteiger partial charge is 0.123 e. The molecule has 0 saturated carbocycles. The first-order valence-electron chi connectivity index (χ1n) is 5.43. The van der Waals surface area contributed by atoms with Crippen molar-refractivity contribution in [1.82, 2.24) is 0 Å². The second-order valence-corrected chi connectivity index (χ2v) is 5.86. The van der Waals surface area contributed by atoms with Crippen LogP contribution in [0.4, 0.5) is 0 Å². The minimum absolute atomic E-state index is 0.334. The molecule has 2 nitrogen and oxygen atoms in total. The number of rotatable bonds is 3. The van der Waals surface area contributed by atoms with Crippen LogP contribution < -0.4 is 0 Å². The van der Waals surface area contributed by atoms with Gasteiger partial charge in [-0.3, -0.25) is 0 Å². The standard InChI is InChI=1S/C13H14N2S/c14-11-15-13(10-16-8-4-5-9-16)12-6-2-1-3-7-12/h1-3,6-7,10H,4-5,8-9H2/b13-10-. The summed E-state index contributed by atoms with van der Waals surface area (Å²) in [4.78, 5) is 3.93. The number of nitrogens with zero attached hydrogens (tertiary/aromatic N) is 2. The highest BCUT2D eigenvalue weighted by Gasteiger charge is 2.21. The van der Waals surface area contributed by atoms with Crippen LogP contribution in [0.3, 0.4) is 0 Å². The Hall–Kier alpha value is -1.31. The molecule has 0 atom stereocenters. The first-order valence-corrected chi connectivity index (χ1v) is 7.06. The lowest BCUT2D eigenvalue weighted by molar-refractivity contribution is 0.949. The SMILES string of the molecule is [N-]=C=N/C(=C\[S+]1CCCC1)c1ccccc1. The van der Waals surface area contributed by atoms with E-state index in [1.54, 1.807) is 0 Å². The van der Waals surface area contributed by atoms with E-state index < -0.39 is 0 Å². The average molecular weight is 230 g/mol. The number of hydrogen-bond donors (Lipinski definition) is 0. The molecule has 0 aromatic heterocycles. The first kappa shape index (κ1) is 11.2. The zero-order valence-corrected chi connectivity index (χ0v) is 9.91. The molecular weight excluding hydrogens is 216 g/mol. The third-order valence-electron chi connectivity index (χ3n) is 2.58. The molecule has 0 aliphatic carbocycles. The van der Waals surface area contributed by atoms with Gasteiger partial charge in [0.25, 0.3) is 0 Å². The molecule has 1 fully saturated rings. The molecule has 1 aromatic carbocycles. The average Bonchev–Trinajstić information content (AvgIpc) is 2.83. The van der Waals surface area contributed by atoms with Crippen LogP contribution in [-0.2, 0) is 10.9 Å². The predicted octanol–water partition coefficient (Wildman–Crippen LogP) is 3.14. The summed E-state index contributed by atoms with van der Waals surface area (Å²) in [6.45, 7) is 0. The molecule has 1 aliphatic rings. The number of benzene rings is 1. The topological polar surface area (TPSA) is 34.7 Å². The maximum atomic E-state index is 8.72. The van der Waals surface area contributed by atoms with Gasteiger partial charge in [0.15, 0.2) is 0 Å². The molecule has 0 bridgehead atoms. The van der Waals surface area contributed by atoms with Crippen molar-refractivity contribution in [2.75, 3.05) is 11.5 Å². The highest BCUT2D eigenvalue weighted by Crippen LogP contribution is 2.22. The summed E-state index contributed by atoms with van der Waals surface area (Å²) in [7, 11) is 0.334. The number of aliphatic imine (C=N–C) groups is 1. The van der Waals surface area contributed by atoms with Crippen molar-refractivity contribution < 1.29 is 0 Å². The largest absolute Gasteiger partial charge is 0.422 e. The maximum absolute atomic E-state index is 8.72. The van der Waals surface area contributed by atoms with Crippen molar-refractivity contribution in [2.45, 2.75) is 12.8 Å². The Bertz CT molecular complexity index is 413. The summed E-state index contributed by atoms with van der Waals surface area (Å²) in [5.74, 6) is 2.52. The quantitative estimate of drug-likeness (QED) is 0.565. The molecule has 0 N–H and O–H groups in total. The van der Waals surface area contributed by atoms with Crippen molar-refractivity contribution in [2.24, 2.45) is 4.99 Å². The van der Waals surface area contributed by atoms with Gasteiger partial charge >= 0.3 is 0 Å². The Balaban J connectivity index is 2.26. The molecule has 3 heteroatoms. The molecule has 1 heterocycles. The van der Waals surface area contributed by atoms with Gasteiger partial charge in [-0.05, 0) is 18.4 Å². The highest BCUT2D eigenvalue weighted by atomic mass is 32.2. The van der Waals surface area contributed by atoms with Crippen LogP contribution in [0.5, 0.6) is 0 Å². The Morgan fingerprint density at radius 2 is 1.94 bits per heavy atom. The van der Waals surface area contributed by atoms with Crippen molar-refractivity contribution in [3.8, 4) is 0 Å². The van der Waals surface area contributed by atoms with Gasteiger partial charge in [0.05, 0.1) is 0 Å². The fraction of sp³-hybridized carbons (Fsp3) is 0.308. The fourth-order valence-corrected chi connectivity index (χ4v) is 3.87. The van der Waals surface area contributed by atoms with Gasteiger partial charge in [-0.1, -0.05) is 30.3 Å². The maximum Gasteiger partial charge on any atom is 0.123 e. The lowest BCUT2D eigenvalue weighted by atomic mass is 10.2. The third-order valence-corrected chi connectivity index (χ3v) is 4.76. The molecule has 0 radical (unpaired) electrons. The Morgan fingerprint density at radius 1 is 1.25 bits per heavy atom. The van der Waals surface area contributed by atoms with Gasteiger partial charge in [-0.25, -0.2) is 0 Å². The Labute approximate surface area is 99.0 Å². The van der Waals surface area contributed by atoms with Crippen molar-refractivity contribution in [3.05, 3.63) is 46.7 Å². The van der Waals surface area contributed by atoms with Crippen LogP contribution in [0.1, 0.15) is 18.4 Å². The minimum Gasteiger partial charge on any atom is -0.422 e. The summed E-state index contributed by atoms with van der Waals surface area (Å²) >= 11 is 0. The zero-order valence-electron chi connectivity index (χ0n) is 9.10. The van der Waals surface area contributed by atoms with Crippen LogP contribution in [0.25, 0.3) is 11.1 Å². The normalized spacial score (nSPS) is 17.1. The molecule has 0 spiro atoms. The van der Waals surface area contributed by atoms with Gasteiger partial charge in [0, 0.05) is 16.6 Å². The van der Waals surface area contributed by atoms with Crippen LogP contribution in [0.15, 0.2) is 40.7 Å². The molecule has 1 aromatic rings. The Kier molecular flexibility index (Phi) is 3.97. The van der Waals surface area contributed by atoms with Gasteiger partial charge < -0.3 is 10.4 Å². The summed E-state index contributed by atoms with van der Waals surface area (Å²) in [5.41, 5.74) is 1.89. The van der Waals surface area contributed by atoms with E-state index in [0.717, 1.165) is 11.3 Å². The van der Waals surface area contributed by atoms with Gasteiger partial charge in [-0.2, -0.15) is 6.01 Å². The zero-order chi connectivity index (χ0) is 11.2. The lowest BCUT2D eigenvalue weighted by Crippen LogP contribution is -1.99. The molecule has 1 aliphatic heterocycles. The molecule has 16 heavy (non-hydrogen) atoms. The summed E-state index contributed by atoms with van der Waals surface area (Å²) in [5, 5.41) is 10.9. The first-order chi connectivity index (χ1) is 7.90. The third kappa shape index (κ3) is 2.84. The lowest BCUT2D eigenvalue weighted by Gasteiger charge is -2.05. The monoisotopic (exact) mass is 230 g/mol. The van der Waals surface area contributed by atoms with Gasteiger partial charge in [-0.15, -0.1) is 0 Å². The molecule has 1 saturated heterocycles. The van der Waals surface area contributed by atoms with Gasteiger partial charge in [0.1, 0.15) is 16.9 Å². The van der Waals surface area contributed by atoms with E-state index in [4.69, 9.17) is 5.41 Å². The van der Waals surface area contributed by atoms with Crippen molar-refractivity contribution in [3.63, 3.8) is 0 Å². The van der Waals surface area contributed by atoms with E-state index in [0.29, 0.717) is 10.9 Å². The second-order valence-electron chi connectivity index (χ2n) is 3.73. The molecule has 2 rings (SSSR count). The van der Waals surface area contributed by atoms with Crippen molar-refractivity contribution >= 4 is 22.6 Å². The number of hydrogen-bond acceptors (Lipinski definition) is 1. The van der Waals surface area contributed by atoms with Crippen LogP contribution in [-0.4, -0.2) is 17.5 Å². The van der Waals surface area contributed by atoms with E-state index in [-0.39, 0.29) is 0 Å². The highest BCUT2D eigenvalue weighted by molar-refractivity contribution is 8.00. The minimum atomic E-state index is 0.334. The van der Waals surface area contributed by atoms with Crippen LogP contribution >= 0.6 is 0 Å². The Morgan fingerprint density at radius 3 is 2.56 bits per heavy atom. The van der Waals surface area contributed by atoms with E-state index in [9.17, 15) is 0 Å². The van der Waals surface area contributed by atoms with Crippen LogP contribution in [0.2, 0.25) is 0 Å². The van der Waals surface area contributed by atoms with E-state index in [1.807, 2.05) is 36.3 Å². The summed E-state index contributed by atoms with van der Waals surface area (Å²) < 4.78 is 0. The predicted molar refractivity (Wildman–Crippen MR) is 71.5 cm³/mol. The molecule has 0 amide bonds. The summed E-state index contributed by atoms with van der Waals surface area (Å²) in [6, 6.07) is 11.9. The van der Waals surface area contributed by atoms with E-state index >= 15 is 0 Å². The van der Waals surface area contributed by atoms with E-state index in [1.165, 1.54) is 24.3 Å². The summed E-state index contributed by atoms with van der Waals surface area (Å²) in [6.07, 6.45) is 2.63. The van der Waals surface area contributed by atoms with Gasteiger partial charge in [0.2, 0.25) is 0 Å². The second kappa shape index (κ2) is 5.69. The molecule has 0 unspecified atom stereocenters. The van der Waals surface area contributed by atoms with Crippen molar-refractivity contribution in [1.29, 1.82) is 0 Å².